The zero-order chi connectivity index (χ0) is 17.5. The molecule has 128 valence electrons. The number of carbonyl (C=O) groups is 3. The van der Waals surface area contributed by atoms with E-state index in [-0.39, 0.29) is 32.0 Å². The van der Waals surface area contributed by atoms with Crippen LogP contribution in [0.2, 0.25) is 0 Å². The van der Waals surface area contributed by atoms with Crippen LogP contribution in [0, 0.1) is 5.92 Å². The Hall–Kier alpha value is -2.63. The molecule has 2 atom stereocenters. The number of esters is 1. The first-order valence-electron chi connectivity index (χ1n) is 7.87. The summed E-state index contributed by atoms with van der Waals surface area (Å²) in [5.41, 5.74) is 0.846. The molecule has 0 bridgehead atoms. The summed E-state index contributed by atoms with van der Waals surface area (Å²) in [7, 11) is 0. The highest BCUT2D eigenvalue weighted by Gasteiger charge is 2.47. The first-order valence-corrected chi connectivity index (χ1v) is 7.87. The van der Waals surface area contributed by atoms with E-state index >= 15 is 0 Å². The van der Waals surface area contributed by atoms with Crippen molar-refractivity contribution in [3.05, 3.63) is 48.6 Å². The lowest BCUT2D eigenvalue weighted by molar-refractivity contribution is -0.150. The van der Waals surface area contributed by atoms with E-state index in [0.29, 0.717) is 0 Å². The molecule has 0 radical (unpaired) electrons. The standard InChI is InChI=1S/C18H21NO5/c1-3-8-15-16(20)14(17(21)23-4-2)11-19(15)18(22)24-12-13-9-6-5-7-10-13/h3,5-7,9-10,14-15H,1,4,8,11-12H2,2H3. The summed E-state index contributed by atoms with van der Waals surface area (Å²) in [4.78, 5) is 37.9. The second-order valence-corrected chi connectivity index (χ2v) is 5.44. The normalized spacial score (nSPS) is 19.9. The predicted octanol–water partition coefficient (Wildman–Crippen LogP) is 2.33. The molecule has 2 unspecified atom stereocenters. The van der Waals surface area contributed by atoms with Gasteiger partial charge in [0.25, 0.3) is 0 Å². The van der Waals surface area contributed by atoms with Gasteiger partial charge < -0.3 is 9.47 Å². The highest BCUT2D eigenvalue weighted by Crippen LogP contribution is 2.24. The molecule has 1 amide bonds. The molecule has 0 N–H and O–H groups in total. The van der Waals surface area contributed by atoms with Crippen LogP contribution >= 0.6 is 0 Å². The molecule has 1 aliphatic heterocycles. The lowest BCUT2D eigenvalue weighted by atomic mass is 10.0. The van der Waals surface area contributed by atoms with Gasteiger partial charge in [-0.15, -0.1) is 6.58 Å². The van der Waals surface area contributed by atoms with Gasteiger partial charge in [0.2, 0.25) is 0 Å². The highest BCUT2D eigenvalue weighted by atomic mass is 16.6. The van der Waals surface area contributed by atoms with Crippen molar-refractivity contribution in [3.8, 4) is 0 Å². The van der Waals surface area contributed by atoms with Gasteiger partial charge in [-0.05, 0) is 18.9 Å². The van der Waals surface area contributed by atoms with Crippen LogP contribution in [0.15, 0.2) is 43.0 Å². The van der Waals surface area contributed by atoms with Crippen molar-refractivity contribution in [3.63, 3.8) is 0 Å². The van der Waals surface area contributed by atoms with Gasteiger partial charge in [-0.3, -0.25) is 14.5 Å². The molecule has 0 saturated carbocycles. The maximum Gasteiger partial charge on any atom is 0.410 e. The summed E-state index contributed by atoms with van der Waals surface area (Å²) in [6, 6.07) is 8.50. The first kappa shape index (κ1) is 17.7. The van der Waals surface area contributed by atoms with Gasteiger partial charge in [-0.2, -0.15) is 0 Å². The number of nitrogens with zero attached hydrogens (tertiary/aromatic N) is 1. The molecule has 0 spiro atoms. The molecular weight excluding hydrogens is 310 g/mol. The smallest absolute Gasteiger partial charge is 0.410 e. The van der Waals surface area contributed by atoms with E-state index in [9.17, 15) is 14.4 Å². The molecule has 1 aliphatic rings. The number of hydrogen-bond acceptors (Lipinski definition) is 5. The van der Waals surface area contributed by atoms with Crippen molar-refractivity contribution in [2.24, 2.45) is 5.92 Å². The molecular formula is C18H21NO5. The maximum atomic E-state index is 12.4. The average Bonchev–Trinajstić information content (AvgIpc) is 2.91. The summed E-state index contributed by atoms with van der Waals surface area (Å²) in [5.74, 6) is -1.89. The molecule has 1 saturated heterocycles. The minimum absolute atomic E-state index is 0.0240. The SMILES string of the molecule is C=CCC1C(=O)C(C(=O)OCC)CN1C(=O)OCc1ccccc1. The van der Waals surface area contributed by atoms with E-state index in [4.69, 9.17) is 9.47 Å². The molecule has 2 rings (SSSR count). The Morgan fingerprint density at radius 1 is 1.29 bits per heavy atom. The van der Waals surface area contributed by atoms with Crippen LogP contribution in [-0.4, -0.2) is 41.9 Å². The molecule has 1 aromatic carbocycles. The molecule has 1 heterocycles. The fraction of sp³-hybridized carbons (Fsp3) is 0.389. The minimum atomic E-state index is -0.959. The van der Waals surface area contributed by atoms with E-state index < -0.39 is 24.0 Å². The summed E-state index contributed by atoms with van der Waals surface area (Å²) in [6.45, 7) is 5.55. The first-order chi connectivity index (χ1) is 11.6. The van der Waals surface area contributed by atoms with E-state index in [1.54, 1.807) is 13.0 Å². The van der Waals surface area contributed by atoms with E-state index in [1.807, 2.05) is 30.3 Å². The maximum absolute atomic E-state index is 12.4. The number of likely N-dealkylation sites (tertiary alicyclic amines) is 1. The van der Waals surface area contributed by atoms with Crippen LogP contribution in [0.3, 0.4) is 0 Å². The van der Waals surface area contributed by atoms with E-state index in [0.717, 1.165) is 5.56 Å². The Morgan fingerprint density at radius 3 is 2.62 bits per heavy atom. The number of ether oxygens (including phenoxy) is 2. The van der Waals surface area contributed by atoms with Crippen LogP contribution in [0.5, 0.6) is 0 Å². The largest absolute Gasteiger partial charge is 0.465 e. The average molecular weight is 331 g/mol. The topological polar surface area (TPSA) is 72.9 Å². The van der Waals surface area contributed by atoms with Crippen molar-refractivity contribution in [1.29, 1.82) is 0 Å². The van der Waals surface area contributed by atoms with Gasteiger partial charge in [0.1, 0.15) is 12.5 Å². The Balaban J connectivity index is 2.05. The lowest BCUT2D eigenvalue weighted by Crippen LogP contribution is -2.38. The third-order valence-corrected chi connectivity index (χ3v) is 3.83. The van der Waals surface area contributed by atoms with Crippen LogP contribution in [0.4, 0.5) is 4.79 Å². The van der Waals surface area contributed by atoms with Crippen molar-refractivity contribution < 1.29 is 23.9 Å². The van der Waals surface area contributed by atoms with Crippen LogP contribution in [-0.2, 0) is 25.7 Å². The van der Waals surface area contributed by atoms with E-state index in [2.05, 4.69) is 6.58 Å². The summed E-state index contributed by atoms with van der Waals surface area (Å²) in [5, 5.41) is 0. The van der Waals surface area contributed by atoms with Crippen molar-refractivity contribution in [2.75, 3.05) is 13.2 Å². The highest BCUT2D eigenvalue weighted by molar-refractivity contribution is 6.05. The van der Waals surface area contributed by atoms with Crippen LogP contribution in [0.25, 0.3) is 0 Å². The second-order valence-electron chi connectivity index (χ2n) is 5.44. The summed E-state index contributed by atoms with van der Waals surface area (Å²) in [6.07, 6.45) is 1.20. The number of rotatable bonds is 6. The van der Waals surface area contributed by atoms with Gasteiger partial charge in [0.05, 0.1) is 12.6 Å². The minimum Gasteiger partial charge on any atom is -0.465 e. The number of amides is 1. The summed E-state index contributed by atoms with van der Waals surface area (Å²) < 4.78 is 10.2. The molecule has 0 aromatic heterocycles. The van der Waals surface area contributed by atoms with Gasteiger partial charge in [0.15, 0.2) is 5.78 Å². The Bertz CT molecular complexity index is 613. The number of ketones is 1. The van der Waals surface area contributed by atoms with Gasteiger partial charge in [-0.1, -0.05) is 36.4 Å². The van der Waals surface area contributed by atoms with E-state index in [1.165, 1.54) is 4.90 Å². The Morgan fingerprint density at radius 2 is 2.00 bits per heavy atom. The number of Topliss-reactive ketones (excluding diaryl/α,β-unsaturated/α-hetero) is 1. The van der Waals surface area contributed by atoms with Gasteiger partial charge >= 0.3 is 12.1 Å². The summed E-state index contributed by atoms with van der Waals surface area (Å²) >= 11 is 0. The van der Waals surface area contributed by atoms with Gasteiger partial charge in [-0.25, -0.2) is 4.79 Å². The molecule has 0 aliphatic carbocycles. The molecule has 1 fully saturated rings. The van der Waals surface area contributed by atoms with Gasteiger partial charge in [0, 0.05) is 6.54 Å². The zero-order valence-corrected chi connectivity index (χ0v) is 13.6. The van der Waals surface area contributed by atoms with Crippen molar-refractivity contribution in [2.45, 2.75) is 26.0 Å². The zero-order valence-electron chi connectivity index (χ0n) is 13.6. The molecule has 24 heavy (non-hydrogen) atoms. The quantitative estimate of drug-likeness (QED) is 0.454. The molecule has 1 aromatic rings. The molecule has 6 nitrogen and oxygen atoms in total. The second kappa shape index (κ2) is 8.29. The van der Waals surface area contributed by atoms with Crippen LogP contribution < -0.4 is 0 Å². The van der Waals surface area contributed by atoms with Crippen LogP contribution in [0.1, 0.15) is 18.9 Å². The lowest BCUT2D eigenvalue weighted by Gasteiger charge is -2.21. The molecule has 6 heteroatoms. The fourth-order valence-corrected chi connectivity index (χ4v) is 2.64. The number of carbonyl (C=O) groups excluding carboxylic acids is 3. The van der Waals surface area contributed by atoms with Crippen molar-refractivity contribution >= 4 is 17.8 Å². The number of hydrogen-bond donors (Lipinski definition) is 0. The third kappa shape index (κ3) is 4.01. The monoisotopic (exact) mass is 331 g/mol. The Kier molecular flexibility index (Phi) is 6.12. The predicted molar refractivity (Wildman–Crippen MR) is 87.1 cm³/mol. The fourth-order valence-electron chi connectivity index (χ4n) is 2.64. The van der Waals surface area contributed by atoms with Crippen molar-refractivity contribution in [1.82, 2.24) is 4.90 Å². The third-order valence-electron chi connectivity index (χ3n) is 3.83. The Labute approximate surface area is 141 Å². The number of benzene rings is 1.